The molecule has 0 spiro atoms. The minimum absolute atomic E-state index is 0.00336. The predicted octanol–water partition coefficient (Wildman–Crippen LogP) is 7.19. The number of imide groups is 1. The number of halogens is 6. The molecular weight excluding hydrogens is 662 g/mol. The molecule has 0 aromatic heterocycles. The molecular formula is C34H34F6N2O7. The number of ether oxygens (including phenoxy) is 3. The average molecular weight is 697 g/mol. The number of methoxy groups -OCH3 is 1. The Morgan fingerprint density at radius 2 is 1.53 bits per heavy atom. The lowest BCUT2D eigenvalue weighted by molar-refractivity contribution is -0.376. The van der Waals surface area contributed by atoms with Crippen LogP contribution in [0.5, 0.6) is 23.0 Å². The van der Waals surface area contributed by atoms with Crippen LogP contribution in [0.25, 0.3) is 0 Å². The molecule has 1 unspecified atom stereocenters. The van der Waals surface area contributed by atoms with Gasteiger partial charge in [0, 0.05) is 11.6 Å². The molecule has 1 heterocycles. The molecule has 1 aliphatic heterocycles. The van der Waals surface area contributed by atoms with E-state index in [0.717, 1.165) is 11.0 Å². The number of aryl methyl sites for hydroxylation is 1. The number of aliphatic hydroxyl groups is 1. The first-order valence-electron chi connectivity index (χ1n) is 15.1. The highest BCUT2D eigenvalue weighted by Gasteiger charge is 2.71. The van der Waals surface area contributed by atoms with Gasteiger partial charge in [0.2, 0.25) is 0 Å². The number of nitrogens with zero attached hydrogens (tertiary/aromatic N) is 1. The fraction of sp³-hybridized carbons (Fsp3) is 0.382. The number of hydrogen-bond acceptors (Lipinski definition) is 7. The first kappa shape index (κ1) is 37.0. The Balaban J connectivity index is 1.56. The maximum Gasteiger partial charge on any atom is 0.430 e. The molecule has 1 atom stereocenters. The van der Waals surface area contributed by atoms with Crippen LogP contribution < -0.4 is 19.5 Å². The van der Waals surface area contributed by atoms with Gasteiger partial charge in [-0.2, -0.15) is 26.3 Å². The van der Waals surface area contributed by atoms with Crippen LogP contribution in [0.15, 0.2) is 60.7 Å². The minimum atomic E-state index is -6.06. The van der Waals surface area contributed by atoms with E-state index in [2.05, 4.69) is 5.32 Å². The molecule has 4 rings (SSSR count). The van der Waals surface area contributed by atoms with Crippen LogP contribution in [0.4, 0.5) is 31.1 Å². The zero-order valence-electron chi connectivity index (χ0n) is 27.1. The summed E-state index contributed by atoms with van der Waals surface area (Å²) in [5.74, 6) is -0.910. The summed E-state index contributed by atoms with van der Waals surface area (Å²) >= 11 is 0. The normalized spacial score (nSPS) is 17.0. The number of amides is 3. The molecule has 15 heteroatoms. The van der Waals surface area contributed by atoms with E-state index in [0.29, 0.717) is 29.9 Å². The summed E-state index contributed by atoms with van der Waals surface area (Å²) < 4.78 is 97.6. The van der Waals surface area contributed by atoms with Gasteiger partial charge in [-0.1, -0.05) is 31.5 Å². The van der Waals surface area contributed by atoms with Crippen LogP contribution in [-0.4, -0.2) is 59.8 Å². The lowest BCUT2D eigenvalue weighted by Gasteiger charge is -2.33. The van der Waals surface area contributed by atoms with E-state index in [9.17, 15) is 45.8 Å². The van der Waals surface area contributed by atoms with E-state index >= 15 is 0 Å². The number of hydrogen-bond donors (Lipinski definition) is 2. The van der Waals surface area contributed by atoms with E-state index in [1.165, 1.54) is 32.2 Å². The number of carbonyl (C=O) groups is 3. The molecule has 3 aromatic carbocycles. The summed E-state index contributed by atoms with van der Waals surface area (Å²) in [6, 6.07) is 11.6. The molecule has 1 saturated heterocycles. The van der Waals surface area contributed by atoms with Gasteiger partial charge in [0.15, 0.2) is 5.78 Å². The van der Waals surface area contributed by atoms with E-state index in [1.807, 2.05) is 13.8 Å². The monoisotopic (exact) mass is 696 g/mol. The lowest BCUT2D eigenvalue weighted by atomic mass is 9.90. The Bertz CT molecular complexity index is 1710. The first-order valence-corrected chi connectivity index (χ1v) is 15.1. The quantitative estimate of drug-likeness (QED) is 0.117. The van der Waals surface area contributed by atoms with E-state index in [4.69, 9.17) is 14.2 Å². The largest absolute Gasteiger partial charge is 0.496 e. The number of benzene rings is 3. The zero-order chi connectivity index (χ0) is 36.5. The van der Waals surface area contributed by atoms with Crippen molar-refractivity contribution in [2.75, 3.05) is 13.7 Å². The molecule has 49 heavy (non-hydrogen) atoms. The van der Waals surface area contributed by atoms with Crippen molar-refractivity contribution in [2.24, 2.45) is 0 Å². The van der Waals surface area contributed by atoms with Gasteiger partial charge in [0.25, 0.3) is 11.5 Å². The van der Waals surface area contributed by atoms with Gasteiger partial charge in [-0.15, -0.1) is 0 Å². The third-order valence-electron chi connectivity index (χ3n) is 7.90. The van der Waals surface area contributed by atoms with Crippen molar-refractivity contribution in [3.63, 3.8) is 0 Å². The third-order valence-corrected chi connectivity index (χ3v) is 7.90. The SMILES string of the molecule is CCCc1cc(C(O)(C(F)(F)F)C(F)(F)F)ccc1Oc1ccc(C(=O)CN2C(=O)NC(C)(c3ccc(OC(C)C)cc3)C2=O)c(OC)c1. The van der Waals surface area contributed by atoms with Gasteiger partial charge >= 0.3 is 18.4 Å². The number of Topliss-reactive ketones (excluding diaryl/α,β-unsaturated/α-hetero) is 1. The molecule has 0 bridgehead atoms. The first-order chi connectivity index (χ1) is 22.8. The van der Waals surface area contributed by atoms with Crippen molar-refractivity contribution in [2.45, 2.75) is 70.1 Å². The molecule has 9 nitrogen and oxygen atoms in total. The van der Waals surface area contributed by atoms with Crippen LogP contribution in [0, 0.1) is 0 Å². The van der Waals surface area contributed by atoms with Gasteiger partial charge in [-0.3, -0.25) is 14.5 Å². The second-order valence-electron chi connectivity index (χ2n) is 11.8. The summed E-state index contributed by atoms with van der Waals surface area (Å²) in [4.78, 5) is 40.4. The minimum Gasteiger partial charge on any atom is -0.496 e. The Morgan fingerprint density at radius 3 is 2.08 bits per heavy atom. The van der Waals surface area contributed by atoms with Crippen molar-refractivity contribution in [3.8, 4) is 23.0 Å². The highest BCUT2D eigenvalue weighted by molar-refractivity contribution is 6.11. The maximum absolute atomic E-state index is 13.5. The van der Waals surface area contributed by atoms with Crippen LogP contribution in [0.2, 0.25) is 0 Å². The summed E-state index contributed by atoms with van der Waals surface area (Å²) in [6.07, 6.45) is -11.9. The molecule has 264 valence electrons. The van der Waals surface area contributed by atoms with Gasteiger partial charge in [-0.05, 0) is 74.7 Å². The van der Waals surface area contributed by atoms with Crippen LogP contribution >= 0.6 is 0 Å². The average Bonchev–Trinajstić information content (AvgIpc) is 3.23. The fourth-order valence-corrected chi connectivity index (χ4v) is 5.35. The highest BCUT2D eigenvalue weighted by Crippen LogP contribution is 2.50. The summed E-state index contributed by atoms with van der Waals surface area (Å²) in [5.41, 5.74) is -7.61. The molecule has 2 N–H and O–H groups in total. The Labute approximate surface area is 277 Å². The van der Waals surface area contributed by atoms with E-state index < -0.39 is 53.3 Å². The predicted molar refractivity (Wildman–Crippen MR) is 164 cm³/mol. The van der Waals surface area contributed by atoms with Gasteiger partial charge in [-0.25, -0.2) is 4.79 Å². The second kappa shape index (κ2) is 13.6. The van der Waals surface area contributed by atoms with Gasteiger partial charge in [0.1, 0.15) is 28.5 Å². The highest BCUT2D eigenvalue weighted by atomic mass is 19.4. The van der Waals surface area contributed by atoms with Crippen LogP contribution in [0.1, 0.15) is 61.2 Å². The zero-order valence-corrected chi connectivity index (χ0v) is 27.1. The molecule has 3 aromatic rings. The third kappa shape index (κ3) is 7.16. The van der Waals surface area contributed by atoms with Crippen molar-refractivity contribution in [1.82, 2.24) is 10.2 Å². The van der Waals surface area contributed by atoms with E-state index in [-0.39, 0.29) is 40.9 Å². The lowest BCUT2D eigenvalue weighted by Crippen LogP contribution is -2.53. The standard InChI is InChI=1S/C34H34F6N2O7/c1-6-7-20-16-22(32(46,33(35,36)37)34(38,39)40)10-15-27(20)49-24-13-14-25(28(17-24)47-5)26(43)18-42-29(44)31(4,41-30(42)45)21-8-11-23(12-9-21)48-19(2)3/h8-17,19,46H,6-7,18H2,1-5H3,(H,41,45). The Hall–Kier alpha value is -4.79. The maximum atomic E-state index is 13.5. The molecule has 1 fully saturated rings. The molecule has 0 saturated carbocycles. The summed E-state index contributed by atoms with van der Waals surface area (Å²) in [5, 5.41) is 12.5. The van der Waals surface area contributed by atoms with Crippen molar-refractivity contribution >= 4 is 17.7 Å². The number of nitrogens with one attached hydrogen (secondary N) is 1. The molecule has 0 aliphatic carbocycles. The number of carbonyl (C=O) groups excluding carboxylic acids is 3. The number of ketones is 1. The van der Waals surface area contributed by atoms with Crippen LogP contribution in [0.3, 0.4) is 0 Å². The summed E-state index contributed by atoms with van der Waals surface area (Å²) in [7, 11) is 1.24. The number of rotatable bonds is 12. The Morgan fingerprint density at radius 1 is 0.918 bits per heavy atom. The molecule has 3 amide bonds. The van der Waals surface area contributed by atoms with E-state index in [1.54, 1.807) is 31.2 Å². The fourth-order valence-electron chi connectivity index (χ4n) is 5.35. The number of urea groups is 1. The summed E-state index contributed by atoms with van der Waals surface area (Å²) in [6.45, 7) is 6.23. The van der Waals surface area contributed by atoms with Crippen molar-refractivity contribution < 1.29 is 60.0 Å². The molecule has 0 radical (unpaired) electrons. The smallest absolute Gasteiger partial charge is 0.430 e. The van der Waals surface area contributed by atoms with Gasteiger partial charge < -0.3 is 24.6 Å². The van der Waals surface area contributed by atoms with Crippen molar-refractivity contribution in [1.29, 1.82) is 0 Å². The Kier molecular flexibility index (Phi) is 10.3. The molecule has 1 aliphatic rings. The topological polar surface area (TPSA) is 114 Å². The van der Waals surface area contributed by atoms with Crippen LogP contribution in [-0.2, 0) is 22.4 Å². The van der Waals surface area contributed by atoms with Crippen molar-refractivity contribution in [3.05, 3.63) is 82.9 Å². The van der Waals surface area contributed by atoms with Gasteiger partial charge in [0.05, 0.1) is 25.3 Å². The number of alkyl halides is 6. The second-order valence-corrected chi connectivity index (χ2v) is 11.8.